The van der Waals surface area contributed by atoms with Crippen LogP contribution in [-0.4, -0.2) is 62.1 Å². The summed E-state index contributed by atoms with van der Waals surface area (Å²) in [5.74, 6) is 0.440. The number of carbonyl (C=O) groups is 1. The first-order valence-corrected chi connectivity index (χ1v) is 10.0. The Labute approximate surface area is 176 Å². The van der Waals surface area contributed by atoms with Crippen molar-refractivity contribution in [2.75, 3.05) is 40.5 Å². The molecule has 1 aliphatic heterocycles. The zero-order chi connectivity index (χ0) is 21.3. The zero-order valence-electron chi connectivity index (χ0n) is 17.4. The smallest absolute Gasteiger partial charge is 0.307 e. The van der Waals surface area contributed by atoms with Crippen LogP contribution in [0, 0.1) is 5.92 Å². The number of carboxylic acids is 1. The standard InChI is InChI=1S/C23H28N2O5/c1-28-20-9-3-6-17(14-20)22(18-7-4-10-21(15-18)29-2)24-30-13-12-25-11-5-8-19(16-25)23(26)27/h3-4,6-7,9-10,14-15,19H,5,8,11-13,16H2,1-2H3,(H,26,27). The lowest BCUT2D eigenvalue weighted by Gasteiger charge is -2.29. The van der Waals surface area contributed by atoms with Crippen LogP contribution in [0.25, 0.3) is 0 Å². The Balaban J connectivity index is 1.73. The highest BCUT2D eigenvalue weighted by Crippen LogP contribution is 2.21. The predicted octanol–water partition coefficient (Wildman–Crippen LogP) is 3.27. The molecule has 1 saturated heterocycles. The molecule has 2 aromatic carbocycles. The third-order valence-electron chi connectivity index (χ3n) is 5.20. The van der Waals surface area contributed by atoms with Crippen LogP contribution >= 0.6 is 0 Å². The molecule has 0 aromatic heterocycles. The summed E-state index contributed by atoms with van der Waals surface area (Å²) in [5.41, 5.74) is 2.41. The molecule has 1 N–H and O–H groups in total. The van der Waals surface area contributed by atoms with Crippen molar-refractivity contribution < 1.29 is 24.2 Å². The molecule has 1 unspecified atom stereocenters. The first-order chi connectivity index (χ1) is 14.6. The molecule has 30 heavy (non-hydrogen) atoms. The third kappa shape index (κ3) is 5.73. The van der Waals surface area contributed by atoms with E-state index in [-0.39, 0.29) is 5.92 Å². The number of aliphatic carboxylic acids is 1. The largest absolute Gasteiger partial charge is 0.497 e. The first kappa shape index (κ1) is 21.6. The van der Waals surface area contributed by atoms with Gasteiger partial charge in [-0.3, -0.25) is 9.69 Å². The number of oxime groups is 1. The predicted molar refractivity (Wildman–Crippen MR) is 114 cm³/mol. The zero-order valence-corrected chi connectivity index (χ0v) is 17.4. The van der Waals surface area contributed by atoms with Crippen molar-refractivity contribution >= 4 is 11.7 Å². The van der Waals surface area contributed by atoms with Gasteiger partial charge in [-0.25, -0.2) is 0 Å². The molecule has 1 atom stereocenters. The normalized spacial score (nSPS) is 16.5. The number of rotatable bonds is 9. The molecule has 1 aliphatic rings. The van der Waals surface area contributed by atoms with E-state index >= 15 is 0 Å². The quantitative estimate of drug-likeness (QED) is 0.387. The first-order valence-electron chi connectivity index (χ1n) is 10.0. The number of hydrogen-bond acceptors (Lipinski definition) is 6. The van der Waals surface area contributed by atoms with E-state index in [0.717, 1.165) is 42.0 Å². The van der Waals surface area contributed by atoms with Crippen molar-refractivity contribution in [2.45, 2.75) is 12.8 Å². The molecule has 0 saturated carbocycles. The third-order valence-corrected chi connectivity index (χ3v) is 5.20. The van der Waals surface area contributed by atoms with Crippen molar-refractivity contribution in [3.05, 3.63) is 59.7 Å². The number of ether oxygens (including phenoxy) is 2. The van der Waals surface area contributed by atoms with Gasteiger partial charge in [0.1, 0.15) is 23.8 Å². The molecule has 0 aliphatic carbocycles. The number of benzene rings is 2. The average molecular weight is 412 g/mol. The summed E-state index contributed by atoms with van der Waals surface area (Å²) >= 11 is 0. The molecule has 0 radical (unpaired) electrons. The van der Waals surface area contributed by atoms with Gasteiger partial charge in [-0.15, -0.1) is 0 Å². The fraction of sp³-hybridized carbons (Fsp3) is 0.391. The number of carboxylic acid groups (broad SMARTS) is 1. The van der Waals surface area contributed by atoms with E-state index in [1.165, 1.54) is 0 Å². The molecule has 0 amide bonds. The summed E-state index contributed by atoms with van der Waals surface area (Å²) in [7, 11) is 3.25. The van der Waals surface area contributed by atoms with E-state index in [0.29, 0.717) is 25.4 Å². The Morgan fingerprint density at radius 2 is 1.73 bits per heavy atom. The van der Waals surface area contributed by atoms with E-state index < -0.39 is 5.97 Å². The summed E-state index contributed by atoms with van der Waals surface area (Å²) in [6.07, 6.45) is 1.62. The van der Waals surface area contributed by atoms with Gasteiger partial charge in [-0.05, 0) is 43.7 Å². The van der Waals surface area contributed by atoms with Gasteiger partial charge in [0, 0.05) is 24.2 Å². The second-order valence-corrected chi connectivity index (χ2v) is 7.22. The molecule has 1 heterocycles. The number of hydrogen-bond donors (Lipinski definition) is 1. The minimum atomic E-state index is -0.725. The Morgan fingerprint density at radius 3 is 2.30 bits per heavy atom. The van der Waals surface area contributed by atoms with Crippen LogP contribution in [0.5, 0.6) is 11.5 Å². The highest BCUT2D eigenvalue weighted by atomic mass is 16.6. The summed E-state index contributed by atoms with van der Waals surface area (Å²) in [6.45, 7) is 2.46. The molecule has 0 spiro atoms. The molecule has 7 nitrogen and oxygen atoms in total. The van der Waals surface area contributed by atoms with E-state index in [1.54, 1.807) is 14.2 Å². The van der Waals surface area contributed by atoms with Gasteiger partial charge in [-0.1, -0.05) is 29.4 Å². The maximum Gasteiger partial charge on any atom is 0.307 e. The van der Waals surface area contributed by atoms with E-state index in [9.17, 15) is 9.90 Å². The molecule has 0 bridgehead atoms. The number of likely N-dealkylation sites (tertiary alicyclic amines) is 1. The molecular weight excluding hydrogens is 384 g/mol. The van der Waals surface area contributed by atoms with Gasteiger partial charge >= 0.3 is 5.97 Å². The maximum atomic E-state index is 11.2. The minimum Gasteiger partial charge on any atom is -0.497 e. The monoisotopic (exact) mass is 412 g/mol. The Bertz CT molecular complexity index is 834. The molecule has 3 rings (SSSR count). The molecule has 160 valence electrons. The Hall–Kier alpha value is -3.06. The van der Waals surface area contributed by atoms with Gasteiger partial charge < -0.3 is 19.4 Å². The van der Waals surface area contributed by atoms with Crippen molar-refractivity contribution in [2.24, 2.45) is 11.1 Å². The SMILES string of the molecule is COc1cccc(C(=NOCCN2CCCC(C(=O)O)C2)c2cccc(OC)c2)c1. The van der Waals surface area contributed by atoms with Crippen LogP contribution < -0.4 is 9.47 Å². The van der Waals surface area contributed by atoms with Gasteiger partial charge in [0.2, 0.25) is 0 Å². The van der Waals surface area contributed by atoms with Crippen molar-refractivity contribution in [3.63, 3.8) is 0 Å². The number of methoxy groups -OCH3 is 2. The van der Waals surface area contributed by atoms with E-state index in [4.69, 9.17) is 14.3 Å². The van der Waals surface area contributed by atoms with E-state index in [2.05, 4.69) is 10.1 Å². The lowest BCUT2D eigenvalue weighted by molar-refractivity contribution is -0.143. The second-order valence-electron chi connectivity index (χ2n) is 7.22. The number of nitrogens with zero attached hydrogens (tertiary/aromatic N) is 2. The Morgan fingerprint density at radius 1 is 1.10 bits per heavy atom. The minimum absolute atomic E-state index is 0.300. The highest BCUT2D eigenvalue weighted by Gasteiger charge is 2.25. The van der Waals surface area contributed by atoms with Gasteiger partial charge in [-0.2, -0.15) is 0 Å². The summed E-state index contributed by atoms with van der Waals surface area (Å²) in [4.78, 5) is 19.0. The van der Waals surface area contributed by atoms with Crippen molar-refractivity contribution in [1.82, 2.24) is 4.90 Å². The van der Waals surface area contributed by atoms with Crippen molar-refractivity contribution in [1.29, 1.82) is 0 Å². The molecule has 1 fully saturated rings. The van der Waals surface area contributed by atoms with E-state index in [1.807, 2.05) is 48.5 Å². The van der Waals surface area contributed by atoms with Crippen molar-refractivity contribution in [3.8, 4) is 11.5 Å². The van der Waals surface area contributed by atoms with Crippen LogP contribution in [0.15, 0.2) is 53.7 Å². The lowest BCUT2D eigenvalue weighted by Crippen LogP contribution is -2.40. The number of piperidine rings is 1. The van der Waals surface area contributed by atoms with Crippen LogP contribution in [-0.2, 0) is 9.63 Å². The highest BCUT2D eigenvalue weighted by molar-refractivity contribution is 6.13. The topological polar surface area (TPSA) is 80.6 Å². The maximum absolute atomic E-state index is 11.2. The fourth-order valence-electron chi connectivity index (χ4n) is 3.55. The average Bonchev–Trinajstić information content (AvgIpc) is 2.79. The van der Waals surface area contributed by atoms with Crippen LogP contribution in [0.1, 0.15) is 24.0 Å². The Kier molecular flexibility index (Phi) is 7.68. The molecule has 2 aromatic rings. The van der Waals surface area contributed by atoms with Gasteiger partial charge in [0.15, 0.2) is 0 Å². The lowest BCUT2D eigenvalue weighted by atomic mass is 9.98. The van der Waals surface area contributed by atoms with Gasteiger partial charge in [0.25, 0.3) is 0 Å². The second kappa shape index (κ2) is 10.6. The molecular formula is C23H28N2O5. The van der Waals surface area contributed by atoms with Crippen LogP contribution in [0.3, 0.4) is 0 Å². The molecule has 7 heteroatoms. The summed E-state index contributed by atoms with van der Waals surface area (Å²) in [6, 6.07) is 15.3. The van der Waals surface area contributed by atoms with Crippen LogP contribution in [0.2, 0.25) is 0 Å². The fourth-order valence-corrected chi connectivity index (χ4v) is 3.55. The van der Waals surface area contributed by atoms with Gasteiger partial charge in [0.05, 0.1) is 20.1 Å². The summed E-state index contributed by atoms with van der Waals surface area (Å²) < 4.78 is 10.7. The summed E-state index contributed by atoms with van der Waals surface area (Å²) in [5, 5.41) is 13.7. The van der Waals surface area contributed by atoms with Crippen LogP contribution in [0.4, 0.5) is 0 Å².